The average molecular weight is 421 g/mol. The van der Waals surface area contributed by atoms with E-state index in [-0.39, 0.29) is 0 Å². The molecule has 1 saturated heterocycles. The van der Waals surface area contributed by atoms with Crippen molar-refractivity contribution in [2.75, 3.05) is 53.6 Å². The van der Waals surface area contributed by atoms with E-state index >= 15 is 0 Å². The van der Waals surface area contributed by atoms with Crippen LogP contribution in [0, 0.1) is 6.92 Å². The van der Waals surface area contributed by atoms with E-state index in [1.54, 1.807) is 14.2 Å². The van der Waals surface area contributed by atoms with Crippen molar-refractivity contribution >= 4 is 5.96 Å². The van der Waals surface area contributed by atoms with E-state index in [0.717, 1.165) is 56.3 Å². The van der Waals surface area contributed by atoms with Gasteiger partial charge in [-0.1, -0.05) is 12.1 Å². The van der Waals surface area contributed by atoms with Crippen LogP contribution in [0.2, 0.25) is 0 Å². The van der Waals surface area contributed by atoms with E-state index in [1.165, 1.54) is 5.56 Å². The van der Waals surface area contributed by atoms with Crippen LogP contribution in [0.25, 0.3) is 0 Å². The number of hydrogen-bond donors (Lipinski definition) is 2. The second-order valence-electron chi connectivity index (χ2n) is 8.03. The van der Waals surface area contributed by atoms with Crippen LogP contribution in [-0.4, -0.2) is 76.6 Å². The summed E-state index contributed by atoms with van der Waals surface area (Å²) >= 11 is 0. The van der Waals surface area contributed by atoms with E-state index in [1.807, 2.05) is 0 Å². The van der Waals surface area contributed by atoms with Crippen LogP contribution in [0.1, 0.15) is 37.8 Å². The number of benzene rings is 1. The molecule has 1 aromatic rings. The summed E-state index contributed by atoms with van der Waals surface area (Å²) < 4.78 is 16.9. The minimum atomic E-state index is 0.316. The summed E-state index contributed by atoms with van der Waals surface area (Å²) in [5.41, 5.74) is 2.31. The number of nitrogens with one attached hydrogen (secondary N) is 2. The molecule has 0 aromatic heterocycles. The predicted octanol–water partition coefficient (Wildman–Crippen LogP) is 2.57. The van der Waals surface area contributed by atoms with Crippen molar-refractivity contribution in [2.45, 2.75) is 52.4 Å². The number of aliphatic imine (C=N–C) groups is 1. The molecule has 1 aliphatic rings. The maximum absolute atomic E-state index is 5.97. The van der Waals surface area contributed by atoms with Gasteiger partial charge in [0.2, 0.25) is 0 Å². The number of guanidine groups is 1. The number of hydrogen-bond acceptors (Lipinski definition) is 5. The molecule has 1 aliphatic heterocycles. The third-order valence-electron chi connectivity index (χ3n) is 5.08. The summed E-state index contributed by atoms with van der Waals surface area (Å²) in [6, 6.07) is 6.31. The second kappa shape index (κ2) is 13.5. The molecule has 0 amide bonds. The van der Waals surface area contributed by atoms with Crippen molar-refractivity contribution in [3.63, 3.8) is 0 Å². The number of aryl methyl sites for hydroxylation is 1. The Balaban J connectivity index is 1.74. The van der Waals surface area contributed by atoms with Gasteiger partial charge in [0.15, 0.2) is 5.96 Å². The Morgan fingerprint density at radius 1 is 1.17 bits per heavy atom. The van der Waals surface area contributed by atoms with Gasteiger partial charge in [-0.25, -0.2) is 0 Å². The first-order chi connectivity index (χ1) is 14.5. The molecular formula is C23H40N4O3. The molecule has 2 rings (SSSR count). The molecule has 1 aromatic carbocycles. The van der Waals surface area contributed by atoms with Gasteiger partial charge in [-0.15, -0.1) is 0 Å². The molecule has 30 heavy (non-hydrogen) atoms. The Hall–Kier alpha value is -1.83. The summed E-state index contributed by atoms with van der Waals surface area (Å²) in [5.74, 6) is 1.73. The fraction of sp³-hybridized carbons (Fsp3) is 0.696. The van der Waals surface area contributed by atoms with Gasteiger partial charge < -0.3 is 24.8 Å². The van der Waals surface area contributed by atoms with Crippen molar-refractivity contribution in [3.05, 3.63) is 29.3 Å². The van der Waals surface area contributed by atoms with Crippen molar-refractivity contribution < 1.29 is 14.2 Å². The molecule has 7 nitrogen and oxygen atoms in total. The summed E-state index contributed by atoms with van der Waals surface area (Å²) in [6.45, 7) is 12.4. The zero-order valence-electron chi connectivity index (χ0n) is 19.4. The Morgan fingerprint density at radius 2 is 1.93 bits per heavy atom. The molecule has 0 bridgehead atoms. The Bertz CT molecular complexity index is 643. The molecule has 2 unspecified atom stereocenters. The second-order valence-corrected chi connectivity index (χ2v) is 8.03. The molecule has 0 spiro atoms. The van der Waals surface area contributed by atoms with Crippen molar-refractivity contribution in [2.24, 2.45) is 4.99 Å². The molecule has 0 saturated carbocycles. The van der Waals surface area contributed by atoms with Gasteiger partial charge in [0.1, 0.15) is 5.75 Å². The van der Waals surface area contributed by atoms with E-state index in [0.29, 0.717) is 32.0 Å². The molecule has 0 radical (unpaired) electrons. The molecule has 1 heterocycles. The van der Waals surface area contributed by atoms with Crippen LogP contribution in [-0.2, 0) is 16.0 Å². The SMILES string of the molecule is CN=C(NCCCN1CC(C)OC(C)C1)NCc1ccc(C)cc1OCCCOC. The van der Waals surface area contributed by atoms with Crippen LogP contribution in [0.4, 0.5) is 0 Å². The zero-order chi connectivity index (χ0) is 21.8. The highest BCUT2D eigenvalue weighted by atomic mass is 16.5. The minimum absolute atomic E-state index is 0.316. The Kier molecular flexibility index (Phi) is 11.0. The molecule has 170 valence electrons. The molecule has 7 heteroatoms. The van der Waals surface area contributed by atoms with Gasteiger partial charge in [-0.3, -0.25) is 9.89 Å². The van der Waals surface area contributed by atoms with Gasteiger partial charge >= 0.3 is 0 Å². The number of ether oxygens (including phenoxy) is 3. The Morgan fingerprint density at radius 3 is 2.63 bits per heavy atom. The quantitative estimate of drug-likeness (QED) is 0.326. The number of nitrogens with zero attached hydrogens (tertiary/aromatic N) is 2. The van der Waals surface area contributed by atoms with Crippen molar-refractivity contribution in [3.8, 4) is 5.75 Å². The van der Waals surface area contributed by atoms with Crippen LogP contribution in [0.3, 0.4) is 0 Å². The summed E-state index contributed by atoms with van der Waals surface area (Å²) in [5, 5.41) is 6.82. The lowest BCUT2D eigenvalue weighted by Crippen LogP contribution is -2.46. The average Bonchev–Trinajstić information content (AvgIpc) is 2.71. The smallest absolute Gasteiger partial charge is 0.191 e. The molecular weight excluding hydrogens is 380 g/mol. The highest BCUT2D eigenvalue weighted by Gasteiger charge is 2.21. The summed E-state index contributed by atoms with van der Waals surface area (Å²) in [6.07, 6.45) is 2.58. The Labute approximate surface area is 182 Å². The molecule has 2 atom stereocenters. The number of morpholine rings is 1. The topological polar surface area (TPSA) is 67.4 Å². The monoisotopic (exact) mass is 420 g/mol. The summed E-state index contributed by atoms with van der Waals surface area (Å²) in [7, 11) is 3.51. The highest BCUT2D eigenvalue weighted by molar-refractivity contribution is 5.79. The third-order valence-corrected chi connectivity index (χ3v) is 5.08. The molecule has 1 fully saturated rings. The maximum Gasteiger partial charge on any atom is 0.191 e. The lowest BCUT2D eigenvalue weighted by atomic mass is 10.1. The normalized spacial score (nSPS) is 20.2. The first-order valence-electron chi connectivity index (χ1n) is 11.1. The van der Waals surface area contributed by atoms with E-state index in [4.69, 9.17) is 14.2 Å². The lowest BCUT2D eigenvalue weighted by Gasteiger charge is -2.35. The summed E-state index contributed by atoms with van der Waals surface area (Å²) in [4.78, 5) is 6.83. The first kappa shape index (κ1) is 24.4. The third kappa shape index (κ3) is 8.90. The predicted molar refractivity (Wildman–Crippen MR) is 122 cm³/mol. The number of methoxy groups -OCH3 is 1. The number of rotatable bonds is 11. The van der Waals surface area contributed by atoms with Gasteiger partial charge in [0.05, 0.1) is 18.8 Å². The zero-order valence-corrected chi connectivity index (χ0v) is 19.4. The minimum Gasteiger partial charge on any atom is -0.493 e. The van der Waals surface area contributed by atoms with Gasteiger partial charge in [-0.2, -0.15) is 0 Å². The van der Waals surface area contributed by atoms with Gasteiger partial charge in [0, 0.05) is 65.5 Å². The fourth-order valence-electron chi connectivity index (χ4n) is 3.70. The van der Waals surface area contributed by atoms with Crippen LogP contribution in [0.15, 0.2) is 23.2 Å². The standard InChI is InChI=1S/C23H40N4O3/c1-18-8-9-21(22(14-18)29-13-7-12-28-5)15-26-23(24-4)25-10-6-11-27-16-19(2)30-20(3)17-27/h8-9,14,19-20H,6-7,10-13,15-17H2,1-5H3,(H2,24,25,26). The molecule has 2 N–H and O–H groups in total. The van der Waals surface area contributed by atoms with Crippen LogP contribution in [0.5, 0.6) is 5.75 Å². The van der Waals surface area contributed by atoms with Crippen LogP contribution >= 0.6 is 0 Å². The largest absolute Gasteiger partial charge is 0.493 e. The van der Waals surface area contributed by atoms with Crippen molar-refractivity contribution in [1.82, 2.24) is 15.5 Å². The molecule has 0 aliphatic carbocycles. The van der Waals surface area contributed by atoms with Crippen molar-refractivity contribution in [1.29, 1.82) is 0 Å². The van der Waals surface area contributed by atoms with Crippen LogP contribution < -0.4 is 15.4 Å². The maximum atomic E-state index is 5.97. The van der Waals surface area contributed by atoms with Gasteiger partial charge in [-0.05, 0) is 38.8 Å². The van der Waals surface area contributed by atoms with E-state index in [9.17, 15) is 0 Å². The highest BCUT2D eigenvalue weighted by Crippen LogP contribution is 2.20. The van der Waals surface area contributed by atoms with E-state index < -0.39 is 0 Å². The van der Waals surface area contributed by atoms with Gasteiger partial charge in [0.25, 0.3) is 0 Å². The lowest BCUT2D eigenvalue weighted by molar-refractivity contribution is -0.0679. The van der Waals surface area contributed by atoms with E-state index in [2.05, 4.69) is 59.5 Å². The fourth-order valence-corrected chi connectivity index (χ4v) is 3.70. The first-order valence-corrected chi connectivity index (χ1v) is 11.1.